The average molecular weight is 260 g/mol. The van der Waals surface area contributed by atoms with Crippen LogP contribution in [0.3, 0.4) is 0 Å². The molecule has 2 nitrogen and oxygen atoms in total. The Labute approximate surface area is 118 Å². The summed E-state index contributed by atoms with van der Waals surface area (Å²) in [4.78, 5) is 0. The van der Waals surface area contributed by atoms with E-state index in [4.69, 9.17) is 0 Å². The molecular weight excluding hydrogens is 244 g/mol. The van der Waals surface area contributed by atoms with Gasteiger partial charge in [-0.05, 0) is 30.4 Å². The largest absolute Gasteiger partial charge is 0.281 e. The van der Waals surface area contributed by atoms with Gasteiger partial charge in [-0.25, -0.2) is 0 Å². The van der Waals surface area contributed by atoms with E-state index in [-0.39, 0.29) is 0 Å². The molecule has 2 heteroatoms. The van der Waals surface area contributed by atoms with Gasteiger partial charge >= 0.3 is 0 Å². The fourth-order valence-corrected chi connectivity index (χ4v) is 3.09. The van der Waals surface area contributed by atoms with Crippen molar-refractivity contribution in [2.75, 3.05) is 0 Å². The molecule has 2 aromatic carbocycles. The van der Waals surface area contributed by atoms with Crippen molar-refractivity contribution in [1.29, 1.82) is 0 Å². The third-order valence-electron chi connectivity index (χ3n) is 4.05. The molecule has 0 atom stereocenters. The second-order valence-electron chi connectivity index (χ2n) is 5.30. The summed E-state index contributed by atoms with van der Waals surface area (Å²) in [5.41, 5.74) is 7.60. The number of rotatable bonds is 1. The highest BCUT2D eigenvalue weighted by Gasteiger charge is 2.20. The minimum atomic E-state index is 1.07. The summed E-state index contributed by atoms with van der Waals surface area (Å²) in [6.45, 7) is 0. The molecule has 1 heterocycles. The Balaban J connectivity index is 1.98. The lowest BCUT2D eigenvalue weighted by Gasteiger charge is -2.07. The zero-order valence-electron chi connectivity index (χ0n) is 11.3. The number of nitrogens with one attached hydrogen (secondary N) is 1. The van der Waals surface area contributed by atoms with Gasteiger partial charge in [-0.15, -0.1) is 0 Å². The smallest absolute Gasteiger partial charge is 0.100 e. The van der Waals surface area contributed by atoms with Crippen molar-refractivity contribution in [3.63, 3.8) is 0 Å². The molecule has 98 valence electrons. The van der Waals surface area contributed by atoms with E-state index in [2.05, 4.69) is 58.7 Å². The van der Waals surface area contributed by atoms with Gasteiger partial charge in [-0.1, -0.05) is 54.6 Å². The molecule has 0 saturated carbocycles. The highest BCUT2D eigenvalue weighted by atomic mass is 15.1. The summed E-state index contributed by atoms with van der Waals surface area (Å²) in [5.74, 6) is 0. The van der Waals surface area contributed by atoms with Crippen molar-refractivity contribution in [2.24, 2.45) is 0 Å². The lowest BCUT2D eigenvalue weighted by atomic mass is 9.96. The van der Waals surface area contributed by atoms with Crippen molar-refractivity contribution in [3.8, 4) is 22.4 Å². The molecule has 4 rings (SSSR count). The summed E-state index contributed by atoms with van der Waals surface area (Å²) in [6.07, 6.45) is 3.40. The van der Waals surface area contributed by atoms with E-state index in [1.54, 1.807) is 0 Å². The zero-order valence-corrected chi connectivity index (χ0v) is 11.3. The summed E-state index contributed by atoms with van der Waals surface area (Å²) < 4.78 is 0. The second kappa shape index (κ2) is 4.64. The SMILES string of the molecule is c1ccc(-c2n[nH]c3c2-c2ccccc2CCC3)cc1. The van der Waals surface area contributed by atoms with Crippen LogP contribution in [0.5, 0.6) is 0 Å². The second-order valence-corrected chi connectivity index (χ2v) is 5.30. The van der Waals surface area contributed by atoms with E-state index in [1.807, 2.05) is 6.07 Å². The van der Waals surface area contributed by atoms with E-state index >= 15 is 0 Å². The molecule has 0 fully saturated rings. The van der Waals surface area contributed by atoms with Gasteiger partial charge in [-0.3, -0.25) is 5.10 Å². The maximum atomic E-state index is 4.58. The summed E-state index contributed by atoms with van der Waals surface area (Å²) in [6, 6.07) is 19.2. The number of H-pyrrole nitrogens is 1. The lowest BCUT2D eigenvalue weighted by Crippen LogP contribution is -1.88. The third kappa shape index (κ3) is 1.76. The molecule has 0 spiro atoms. The molecule has 0 bridgehead atoms. The molecule has 0 saturated heterocycles. The van der Waals surface area contributed by atoms with E-state index < -0.39 is 0 Å². The first-order chi connectivity index (χ1) is 9.93. The number of benzene rings is 2. The first kappa shape index (κ1) is 11.5. The third-order valence-corrected chi connectivity index (χ3v) is 4.05. The van der Waals surface area contributed by atoms with Crippen LogP contribution in [0, 0.1) is 0 Å². The van der Waals surface area contributed by atoms with E-state index in [0.29, 0.717) is 0 Å². The first-order valence-electron chi connectivity index (χ1n) is 7.14. The standard InChI is InChI=1S/C18H16N2/c1-2-8-14(9-3-1)18-17-15-11-5-4-7-13(15)10-6-12-16(17)19-20-18/h1-5,7-9,11H,6,10,12H2,(H,19,20). The number of fused-ring (bicyclic) bond motifs is 3. The van der Waals surface area contributed by atoms with Gasteiger partial charge in [0.2, 0.25) is 0 Å². The molecule has 1 aliphatic carbocycles. The van der Waals surface area contributed by atoms with Crippen molar-refractivity contribution in [1.82, 2.24) is 10.2 Å². The summed E-state index contributed by atoms with van der Waals surface area (Å²) in [7, 11) is 0. The van der Waals surface area contributed by atoms with Gasteiger partial charge in [0.25, 0.3) is 0 Å². The van der Waals surface area contributed by atoms with Crippen LogP contribution in [-0.4, -0.2) is 10.2 Å². The fraction of sp³-hybridized carbons (Fsp3) is 0.167. The van der Waals surface area contributed by atoms with E-state index in [1.165, 1.54) is 34.4 Å². The molecule has 0 unspecified atom stereocenters. The number of aromatic amines is 1. The van der Waals surface area contributed by atoms with Gasteiger partial charge in [-0.2, -0.15) is 5.10 Å². The minimum Gasteiger partial charge on any atom is -0.281 e. The monoisotopic (exact) mass is 260 g/mol. The summed E-state index contributed by atoms with van der Waals surface area (Å²) >= 11 is 0. The maximum Gasteiger partial charge on any atom is 0.100 e. The lowest BCUT2D eigenvalue weighted by molar-refractivity contribution is 0.804. The Hall–Kier alpha value is -2.35. The Morgan fingerprint density at radius 1 is 0.850 bits per heavy atom. The van der Waals surface area contributed by atoms with Crippen molar-refractivity contribution < 1.29 is 0 Å². The number of aryl methyl sites for hydroxylation is 2. The van der Waals surface area contributed by atoms with Crippen LogP contribution in [0.15, 0.2) is 54.6 Å². The van der Waals surface area contributed by atoms with Crippen molar-refractivity contribution >= 4 is 0 Å². The highest BCUT2D eigenvalue weighted by molar-refractivity contribution is 5.84. The van der Waals surface area contributed by atoms with Gasteiger partial charge < -0.3 is 0 Å². The topological polar surface area (TPSA) is 28.7 Å². The Morgan fingerprint density at radius 2 is 1.65 bits per heavy atom. The molecule has 20 heavy (non-hydrogen) atoms. The van der Waals surface area contributed by atoms with Crippen LogP contribution in [0.4, 0.5) is 0 Å². The predicted octanol–water partition coefficient (Wildman–Crippen LogP) is 4.23. The molecule has 0 aliphatic heterocycles. The van der Waals surface area contributed by atoms with Crippen molar-refractivity contribution in [2.45, 2.75) is 19.3 Å². The molecule has 0 radical (unpaired) electrons. The van der Waals surface area contributed by atoms with Crippen LogP contribution in [-0.2, 0) is 12.8 Å². The van der Waals surface area contributed by atoms with E-state index in [9.17, 15) is 0 Å². The maximum absolute atomic E-state index is 4.58. The zero-order chi connectivity index (χ0) is 13.4. The molecule has 1 aliphatic rings. The molecular formula is C18H16N2. The summed E-state index contributed by atoms with van der Waals surface area (Å²) in [5, 5.41) is 7.84. The van der Waals surface area contributed by atoms with Crippen LogP contribution >= 0.6 is 0 Å². The average Bonchev–Trinajstić information content (AvgIpc) is 2.84. The van der Waals surface area contributed by atoms with Crippen LogP contribution in [0.25, 0.3) is 22.4 Å². The van der Waals surface area contributed by atoms with Crippen molar-refractivity contribution in [3.05, 3.63) is 65.9 Å². The number of nitrogens with zero attached hydrogens (tertiary/aromatic N) is 1. The highest BCUT2D eigenvalue weighted by Crippen LogP contribution is 2.38. The Morgan fingerprint density at radius 3 is 2.55 bits per heavy atom. The van der Waals surface area contributed by atoms with Gasteiger partial charge in [0, 0.05) is 16.8 Å². The molecule has 0 amide bonds. The molecule has 1 aromatic heterocycles. The van der Waals surface area contributed by atoms with Gasteiger partial charge in [0.15, 0.2) is 0 Å². The number of aromatic nitrogens is 2. The quantitative estimate of drug-likeness (QED) is 0.696. The Bertz CT molecular complexity index is 741. The molecule has 3 aromatic rings. The van der Waals surface area contributed by atoms with Crippen LogP contribution < -0.4 is 0 Å². The molecule has 1 N–H and O–H groups in total. The first-order valence-corrected chi connectivity index (χ1v) is 7.14. The van der Waals surface area contributed by atoms with Crippen LogP contribution in [0.1, 0.15) is 17.7 Å². The van der Waals surface area contributed by atoms with Crippen LogP contribution in [0.2, 0.25) is 0 Å². The Kier molecular flexibility index (Phi) is 2.66. The fourth-order valence-electron chi connectivity index (χ4n) is 3.09. The van der Waals surface area contributed by atoms with Gasteiger partial charge in [0.05, 0.1) is 0 Å². The van der Waals surface area contributed by atoms with E-state index in [0.717, 1.165) is 18.5 Å². The number of hydrogen-bond donors (Lipinski definition) is 1. The normalized spacial score (nSPS) is 13.4. The van der Waals surface area contributed by atoms with Gasteiger partial charge in [0.1, 0.15) is 5.69 Å². The minimum absolute atomic E-state index is 1.07. The number of hydrogen-bond acceptors (Lipinski definition) is 1. The predicted molar refractivity (Wildman–Crippen MR) is 81.5 cm³/mol.